The SMILES string of the molecule is NC(=O)c1cncc(-c2ccc(CS)cc2)c1. The number of benzene rings is 1. The van der Waals surface area contributed by atoms with Crippen LogP contribution in [0.5, 0.6) is 0 Å². The highest BCUT2D eigenvalue weighted by Gasteiger charge is 2.04. The molecular weight excluding hydrogens is 232 g/mol. The number of primary amides is 1. The zero-order valence-corrected chi connectivity index (χ0v) is 10.0. The summed E-state index contributed by atoms with van der Waals surface area (Å²) in [4.78, 5) is 15.1. The van der Waals surface area contributed by atoms with Gasteiger partial charge in [0, 0.05) is 23.7 Å². The number of thiol groups is 1. The maximum atomic E-state index is 11.1. The van der Waals surface area contributed by atoms with Crippen LogP contribution in [0.3, 0.4) is 0 Å². The fourth-order valence-electron chi connectivity index (χ4n) is 1.54. The van der Waals surface area contributed by atoms with Gasteiger partial charge >= 0.3 is 0 Å². The highest BCUT2D eigenvalue weighted by Crippen LogP contribution is 2.20. The maximum Gasteiger partial charge on any atom is 0.250 e. The molecule has 17 heavy (non-hydrogen) atoms. The van der Waals surface area contributed by atoms with Gasteiger partial charge in [0.2, 0.25) is 5.91 Å². The lowest BCUT2D eigenvalue weighted by molar-refractivity contribution is 0.1000. The molecule has 0 fully saturated rings. The average Bonchev–Trinajstić information content (AvgIpc) is 2.39. The third-order valence-corrected chi connectivity index (χ3v) is 2.86. The van der Waals surface area contributed by atoms with Crippen LogP contribution in [0.2, 0.25) is 0 Å². The van der Waals surface area contributed by atoms with Crippen molar-refractivity contribution in [2.75, 3.05) is 0 Å². The molecule has 1 aromatic carbocycles. The highest BCUT2D eigenvalue weighted by molar-refractivity contribution is 7.79. The molecule has 0 aliphatic heterocycles. The fourth-order valence-corrected chi connectivity index (χ4v) is 1.75. The minimum absolute atomic E-state index is 0.417. The molecule has 0 bridgehead atoms. The molecule has 2 aromatic rings. The number of carbonyl (C=O) groups is 1. The Morgan fingerprint density at radius 3 is 2.47 bits per heavy atom. The number of nitrogens with two attached hydrogens (primary N) is 1. The van der Waals surface area contributed by atoms with Crippen LogP contribution in [0.4, 0.5) is 0 Å². The van der Waals surface area contributed by atoms with Gasteiger partial charge in [-0.2, -0.15) is 12.6 Å². The van der Waals surface area contributed by atoms with Gasteiger partial charge in [0.25, 0.3) is 0 Å². The third-order valence-electron chi connectivity index (χ3n) is 2.49. The van der Waals surface area contributed by atoms with E-state index in [9.17, 15) is 4.79 Å². The lowest BCUT2D eigenvalue weighted by Crippen LogP contribution is -2.11. The second-order valence-corrected chi connectivity index (χ2v) is 4.00. The van der Waals surface area contributed by atoms with E-state index in [1.807, 2.05) is 24.3 Å². The van der Waals surface area contributed by atoms with Crippen molar-refractivity contribution in [2.24, 2.45) is 5.73 Å². The first-order chi connectivity index (χ1) is 8.20. The number of carbonyl (C=O) groups excluding carboxylic acids is 1. The van der Waals surface area contributed by atoms with Gasteiger partial charge in [-0.1, -0.05) is 24.3 Å². The van der Waals surface area contributed by atoms with Crippen LogP contribution in [-0.4, -0.2) is 10.9 Å². The molecule has 0 saturated carbocycles. The molecule has 2 N–H and O–H groups in total. The first-order valence-electron chi connectivity index (χ1n) is 5.16. The van der Waals surface area contributed by atoms with Crippen LogP contribution in [0.25, 0.3) is 11.1 Å². The quantitative estimate of drug-likeness (QED) is 0.814. The Balaban J connectivity index is 2.38. The summed E-state index contributed by atoms with van der Waals surface area (Å²) in [6.45, 7) is 0. The summed E-state index contributed by atoms with van der Waals surface area (Å²) in [6, 6.07) is 9.70. The van der Waals surface area contributed by atoms with E-state index in [2.05, 4.69) is 17.6 Å². The molecule has 1 amide bonds. The largest absolute Gasteiger partial charge is 0.366 e. The van der Waals surface area contributed by atoms with Crippen molar-refractivity contribution in [3.05, 3.63) is 53.9 Å². The number of rotatable bonds is 3. The van der Waals surface area contributed by atoms with Gasteiger partial charge in [-0.25, -0.2) is 0 Å². The van der Waals surface area contributed by atoms with Gasteiger partial charge in [0.1, 0.15) is 0 Å². The van der Waals surface area contributed by atoms with Gasteiger partial charge in [0.05, 0.1) is 5.56 Å². The topological polar surface area (TPSA) is 56.0 Å². The smallest absolute Gasteiger partial charge is 0.250 e. The van der Waals surface area contributed by atoms with Gasteiger partial charge < -0.3 is 5.73 Å². The van der Waals surface area contributed by atoms with Crippen molar-refractivity contribution in [3.63, 3.8) is 0 Å². The Bertz CT molecular complexity index is 537. The molecule has 0 radical (unpaired) electrons. The van der Waals surface area contributed by atoms with E-state index < -0.39 is 5.91 Å². The van der Waals surface area contributed by atoms with E-state index in [1.165, 1.54) is 6.20 Å². The highest BCUT2D eigenvalue weighted by atomic mass is 32.1. The summed E-state index contributed by atoms with van der Waals surface area (Å²) in [7, 11) is 0. The average molecular weight is 244 g/mol. The minimum Gasteiger partial charge on any atom is -0.366 e. The summed E-state index contributed by atoms with van der Waals surface area (Å²) in [5, 5.41) is 0. The second-order valence-electron chi connectivity index (χ2n) is 3.68. The van der Waals surface area contributed by atoms with Crippen molar-refractivity contribution >= 4 is 18.5 Å². The third kappa shape index (κ3) is 2.65. The fraction of sp³-hybridized carbons (Fsp3) is 0.0769. The second kappa shape index (κ2) is 5.01. The van der Waals surface area contributed by atoms with Crippen LogP contribution in [0, 0.1) is 0 Å². The monoisotopic (exact) mass is 244 g/mol. The van der Waals surface area contributed by atoms with E-state index in [1.54, 1.807) is 12.3 Å². The number of hydrogen-bond acceptors (Lipinski definition) is 3. The molecule has 0 saturated heterocycles. The maximum absolute atomic E-state index is 11.1. The normalized spacial score (nSPS) is 10.2. The molecule has 86 valence electrons. The van der Waals surface area contributed by atoms with E-state index in [-0.39, 0.29) is 0 Å². The summed E-state index contributed by atoms with van der Waals surface area (Å²) >= 11 is 4.20. The number of nitrogens with zero attached hydrogens (tertiary/aromatic N) is 1. The van der Waals surface area contributed by atoms with E-state index in [0.29, 0.717) is 11.3 Å². The molecule has 0 atom stereocenters. The molecule has 2 rings (SSSR count). The van der Waals surface area contributed by atoms with Crippen molar-refractivity contribution in [1.82, 2.24) is 4.98 Å². The lowest BCUT2D eigenvalue weighted by Gasteiger charge is -2.03. The van der Waals surface area contributed by atoms with Gasteiger partial charge in [-0.3, -0.25) is 9.78 Å². The molecule has 0 unspecified atom stereocenters. The Morgan fingerprint density at radius 1 is 1.18 bits per heavy atom. The number of amides is 1. The van der Waals surface area contributed by atoms with Crippen LogP contribution in [-0.2, 0) is 5.75 Å². The Kier molecular flexibility index (Phi) is 3.44. The predicted molar refractivity (Wildman–Crippen MR) is 70.9 cm³/mol. The zero-order valence-electron chi connectivity index (χ0n) is 9.13. The Hall–Kier alpha value is -1.81. The number of hydrogen-bond donors (Lipinski definition) is 2. The van der Waals surface area contributed by atoms with Gasteiger partial charge in [-0.05, 0) is 17.2 Å². The van der Waals surface area contributed by atoms with Crippen LogP contribution >= 0.6 is 12.6 Å². The van der Waals surface area contributed by atoms with Crippen molar-refractivity contribution < 1.29 is 4.79 Å². The molecule has 0 spiro atoms. The summed E-state index contributed by atoms with van der Waals surface area (Å²) < 4.78 is 0. The molecular formula is C13H12N2OS. The van der Waals surface area contributed by atoms with E-state index in [4.69, 9.17) is 5.73 Å². The van der Waals surface area contributed by atoms with Crippen LogP contribution in [0.1, 0.15) is 15.9 Å². The van der Waals surface area contributed by atoms with Crippen LogP contribution in [0.15, 0.2) is 42.7 Å². The standard InChI is InChI=1S/C13H12N2OS/c14-13(16)12-5-11(6-15-7-12)10-3-1-9(8-17)2-4-10/h1-7,17H,8H2,(H2,14,16). The first-order valence-corrected chi connectivity index (χ1v) is 5.79. The Labute approximate surface area is 105 Å². The van der Waals surface area contributed by atoms with Crippen molar-refractivity contribution in [1.29, 1.82) is 0 Å². The Morgan fingerprint density at radius 2 is 1.88 bits per heavy atom. The van der Waals surface area contributed by atoms with E-state index in [0.717, 1.165) is 16.7 Å². The van der Waals surface area contributed by atoms with Crippen molar-refractivity contribution in [2.45, 2.75) is 5.75 Å². The summed E-state index contributed by atoms with van der Waals surface area (Å²) in [5.41, 5.74) is 8.67. The van der Waals surface area contributed by atoms with Gasteiger partial charge in [0.15, 0.2) is 0 Å². The predicted octanol–water partition coefficient (Wildman–Crippen LogP) is 2.28. The number of pyridine rings is 1. The minimum atomic E-state index is -0.466. The van der Waals surface area contributed by atoms with Crippen molar-refractivity contribution in [3.8, 4) is 11.1 Å². The molecule has 1 heterocycles. The first kappa shape index (κ1) is 11.7. The molecule has 0 aliphatic rings. The lowest BCUT2D eigenvalue weighted by atomic mass is 10.0. The summed E-state index contributed by atoms with van der Waals surface area (Å²) in [5.74, 6) is 0.242. The van der Waals surface area contributed by atoms with E-state index >= 15 is 0 Å². The van der Waals surface area contributed by atoms with Crippen LogP contribution < -0.4 is 5.73 Å². The molecule has 1 aromatic heterocycles. The molecule has 0 aliphatic carbocycles. The zero-order chi connectivity index (χ0) is 12.3. The molecule has 3 nitrogen and oxygen atoms in total. The molecule has 4 heteroatoms. The number of aromatic nitrogens is 1. The summed E-state index contributed by atoms with van der Waals surface area (Å²) in [6.07, 6.45) is 3.18. The van der Waals surface area contributed by atoms with Gasteiger partial charge in [-0.15, -0.1) is 0 Å².